The number of amides is 5. The molecule has 0 radical (unpaired) electrons. The first-order valence-electron chi connectivity index (χ1n) is 9.36. The highest BCUT2D eigenvalue weighted by Gasteiger charge is 2.55. The number of benzene rings is 1. The van der Waals surface area contributed by atoms with Crippen LogP contribution in [-0.4, -0.2) is 65.4 Å². The van der Waals surface area contributed by atoms with Crippen molar-refractivity contribution in [3.63, 3.8) is 0 Å². The molecule has 1 atom stereocenters. The van der Waals surface area contributed by atoms with Crippen LogP contribution in [0.4, 0.5) is 9.59 Å². The first-order chi connectivity index (χ1) is 12.7. The highest BCUT2D eigenvalue weighted by molar-refractivity contribution is 6.06. The molecule has 0 aromatic heterocycles. The van der Waals surface area contributed by atoms with E-state index in [1.807, 2.05) is 13.0 Å². The van der Waals surface area contributed by atoms with Gasteiger partial charge in [0.2, 0.25) is 0 Å². The Bertz CT molecular complexity index is 783. The van der Waals surface area contributed by atoms with Gasteiger partial charge in [-0.2, -0.15) is 0 Å². The van der Waals surface area contributed by atoms with E-state index in [2.05, 4.69) is 31.3 Å². The average Bonchev–Trinajstić information content (AvgIpc) is 2.80. The third-order valence-electron chi connectivity index (χ3n) is 6.17. The smallest absolute Gasteiger partial charge is 0.327 e. The van der Waals surface area contributed by atoms with Crippen LogP contribution in [0.3, 0.4) is 0 Å². The minimum atomic E-state index is -0.803. The molecule has 1 aromatic rings. The Hall–Kier alpha value is -2.57. The maximum Gasteiger partial charge on any atom is 0.327 e. The zero-order valence-corrected chi connectivity index (χ0v) is 16.7. The first-order valence-corrected chi connectivity index (χ1v) is 9.36. The SMILES string of the molecule is Cc1ccc([C@H](C)NC(=O)N2CCC3(CC2)C(=O)N(C)C(=O)N3C)cc1C. The molecule has 3 rings (SSSR count). The van der Waals surface area contributed by atoms with E-state index in [9.17, 15) is 14.4 Å². The third kappa shape index (κ3) is 3.15. The molecule has 146 valence electrons. The van der Waals surface area contributed by atoms with E-state index < -0.39 is 5.54 Å². The molecule has 5 amide bonds. The first kappa shape index (κ1) is 19.2. The van der Waals surface area contributed by atoms with Crippen LogP contribution in [0.15, 0.2) is 18.2 Å². The van der Waals surface area contributed by atoms with Crippen molar-refractivity contribution in [3.05, 3.63) is 34.9 Å². The maximum atomic E-state index is 12.7. The maximum absolute atomic E-state index is 12.7. The van der Waals surface area contributed by atoms with Crippen LogP contribution >= 0.6 is 0 Å². The van der Waals surface area contributed by atoms with Crippen LogP contribution in [0.2, 0.25) is 0 Å². The summed E-state index contributed by atoms with van der Waals surface area (Å²) in [6.45, 7) is 6.99. The number of urea groups is 2. The van der Waals surface area contributed by atoms with Gasteiger partial charge in [0.1, 0.15) is 5.54 Å². The molecule has 2 fully saturated rings. The fourth-order valence-corrected chi connectivity index (χ4v) is 3.97. The monoisotopic (exact) mass is 372 g/mol. The Kier molecular flexibility index (Phi) is 4.88. The molecule has 2 aliphatic rings. The molecule has 7 nitrogen and oxygen atoms in total. The van der Waals surface area contributed by atoms with Gasteiger partial charge in [0.05, 0.1) is 6.04 Å². The lowest BCUT2D eigenvalue weighted by Crippen LogP contribution is -2.57. The topological polar surface area (TPSA) is 73.0 Å². The van der Waals surface area contributed by atoms with E-state index in [1.54, 1.807) is 11.9 Å². The third-order valence-corrected chi connectivity index (χ3v) is 6.17. The van der Waals surface area contributed by atoms with Gasteiger partial charge in [0, 0.05) is 27.2 Å². The lowest BCUT2D eigenvalue weighted by Gasteiger charge is -2.41. The van der Waals surface area contributed by atoms with E-state index in [1.165, 1.54) is 28.0 Å². The Balaban J connectivity index is 1.62. The lowest BCUT2D eigenvalue weighted by atomic mass is 9.86. The Morgan fingerprint density at radius 3 is 2.26 bits per heavy atom. The number of nitrogens with zero attached hydrogens (tertiary/aromatic N) is 3. The van der Waals surface area contributed by atoms with Crippen molar-refractivity contribution in [2.45, 2.75) is 45.2 Å². The van der Waals surface area contributed by atoms with Crippen LogP contribution in [-0.2, 0) is 4.79 Å². The quantitative estimate of drug-likeness (QED) is 0.811. The number of likely N-dealkylation sites (tertiary alicyclic amines) is 1. The normalized spacial score (nSPS) is 20.4. The highest BCUT2D eigenvalue weighted by Crippen LogP contribution is 2.35. The number of piperidine rings is 1. The fourth-order valence-electron chi connectivity index (χ4n) is 3.97. The number of likely N-dealkylation sites (N-methyl/N-ethyl adjacent to an activating group) is 2. The minimum Gasteiger partial charge on any atom is -0.331 e. The summed E-state index contributed by atoms with van der Waals surface area (Å²) in [7, 11) is 3.18. The molecule has 2 aliphatic heterocycles. The Morgan fingerprint density at radius 1 is 1.11 bits per heavy atom. The molecule has 0 unspecified atom stereocenters. The molecule has 7 heteroatoms. The summed E-state index contributed by atoms with van der Waals surface area (Å²) < 4.78 is 0. The van der Waals surface area contributed by atoms with E-state index in [4.69, 9.17) is 0 Å². The predicted molar refractivity (Wildman–Crippen MR) is 102 cm³/mol. The molecular weight excluding hydrogens is 344 g/mol. The second-order valence-electron chi connectivity index (χ2n) is 7.74. The van der Waals surface area contributed by atoms with Crippen molar-refractivity contribution >= 4 is 18.0 Å². The molecule has 2 heterocycles. The van der Waals surface area contributed by atoms with Gasteiger partial charge in [-0.25, -0.2) is 9.59 Å². The van der Waals surface area contributed by atoms with Crippen molar-refractivity contribution in [1.29, 1.82) is 0 Å². The summed E-state index contributed by atoms with van der Waals surface area (Å²) in [5, 5.41) is 3.04. The molecule has 1 N–H and O–H groups in total. The van der Waals surface area contributed by atoms with E-state index in [0.29, 0.717) is 25.9 Å². The summed E-state index contributed by atoms with van der Waals surface area (Å²) in [6.07, 6.45) is 0.924. The number of imide groups is 1. The number of nitrogens with one attached hydrogen (secondary N) is 1. The lowest BCUT2D eigenvalue weighted by molar-refractivity contribution is -0.134. The van der Waals surface area contributed by atoms with Crippen LogP contribution in [0, 0.1) is 13.8 Å². The summed E-state index contributed by atoms with van der Waals surface area (Å²) in [4.78, 5) is 41.7. The van der Waals surface area contributed by atoms with Gasteiger partial charge >= 0.3 is 12.1 Å². The number of hydrogen-bond acceptors (Lipinski definition) is 3. The number of carbonyl (C=O) groups is 3. The van der Waals surface area contributed by atoms with E-state index in [-0.39, 0.29) is 24.0 Å². The summed E-state index contributed by atoms with van der Waals surface area (Å²) in [5.41, 5.74) is 2.69. The van der Waals surface area contributed by atoms with Gasteiger partial charge in [-0.1, -0.05) is 18.2 Å². The fraction of sp³-hybridized carbons (Fsp3) is 0.550. The Labute approximate surface area is 160 Å². The highest BCUT2D eigenvalue weighted by atomic mass is 16.2. The Morgan fingerprint density at radius 2 is 1.74 bits per heavy atom. The average molecular weight is 372 g/mol. The van der Waals surface area contributed by atoms with Crippen molar-refractivity contribution < 1.29 is 14.4 Å². The van der Waals surface area contributed by atoms with Crippen LogP contribution in [0.5, 0.6) is 0 Å². The van der Waals surface area contributed by atoms with E-state index >= 15 is 0 Å². The van der Waals surface area contributed by atoms with Crippen molar-refractivity contribution in [2.24, 2.45) is 0 Å². The molecule has 27 heavy (non-hydrogen) atoms. The van der Waals surface area contributed by atoms with Gasteiger partial charge in [0.25, 0.3) is 5.91 Å². The van der Waals surface area contributed by atoms with Gasteiger partial charge < -0.3 is 15.1 Å². The van der Waals surface area contributed by atoms with Gasteiger partial charge in [-0.05, 0) is 50.3 Å². The molecular formula is C20H28N4O3. The van der Waals surface area contributed by atoms with Crippen molar-refractivity contribution in [1.82, 2.24) is 20.0 Å². The minimum absolute atomic E-state index is 0.101. The van der Waals surface area contributed by atoms with Crippen LogP contribution in [0.1, 0.15) is 42.5 Å². The van der Waals surface area contributed by atoms with Crippen LogP contribution in [0.25, 0.3) is 0 Å². The summed E-state index contributed by atoms with van der Waals surface area (Å²) >= 11 is 0. The molecule has 1 spiro atoms. The van der Waals surface area contributed by atoms with Gasteiger partial charge in [0.15, 0.2) is 0 Å². The van der Waals surface area contributed by atoms with Crippen molar-refractivity contribution in [3.8, 4) is 0 Å². The summed E-state index contributed by atoms with van der Waals surface area (Å²) in [5.74, 6) is -0.168. The second kappa shape index (κ2) is 6.87. The standard InChI is InChI=1S/C20H28N4O3/c1-13-6-7-16(12-14(13)2)15(3)21-18(26)24-10-8-20(9-11-24)17(25)22(4)19(27)23(20)5/h6-7,12,15H,8-11H2,1-5H3,(H,21,26)/t15-/m0/s1. The largest absolute Gasteiger partial charge is 0.331 e. The summed E-state index contributed by atoms with van der Waals surface area (Å²) in [6, 6.07) is 5.68. The molecule has 0 aliphatic carbocycles. The van der Waals surface area contributed by atoms with Gasteiger partial charge in [-0.3, -0.25) is 9.69 Å². The number of carbonyl (C=O) groups excluding carboxylic acids is 3. The number of rotatable bonds is 2. The zero-order valence-electron chi connectivity index (χ0n) is 16.7. The molecule has 0 bridgehead atoms. The second-order valence-corrected chi connectivity index (χ2v) is 7.74. The molecule has 1 aromatic carbocycles. The predicted octanol–water partition coefficient (Wildman–Crippen LogP) is 2.43. The van der Waals surface area contributed by atoms with Crippen molar-refractivity contribution in [2.75, 3.05) is 27.2 Å². The van der Waals surface area contributed by atoms with Crippen LogP contribution < -0.4 is 5.32 Å². The number of aryl methyl sites for hydroxylation is 2. The van der Waals surface area contributed by atoms with Gasteiger partial charge in [-0.15, -0.1) is 0 Å². The molecule has 0 saturated carbocycles. The molecule has 2 saturated heterocycles. The van der Waals surface area contributed by atoms with E-state index in [0.717, 1.165) is 5.56 Å². The number of hydrogen-bond donors (Lipinski definition) is 1. The zero-order chi connectivity index (χ0) is 19.9.